The van der Waals surface area contributed by atoms with Crippen LogP contribution >= 0.6 is 0 Å². The van der Waals surface area contributed by atoms with Crippen LogP contribution in [0.4, 0.5) is 0 Å². The monoisotopic (exact) mass is 130 g/mol. The molecule has 0 aromatic rings. The van der Waals surface area contributed by atoms with E-state index in [1.54, 1.807) is 0 Å². The zero-order valence-electron chi connectivity index (χ0n) is 5.98. The van der Waals surface area contributed by atoms with Gasteiger partial charge in [-0.15, -0.1) is 0 Å². The lowest BCUT2D eigenvalue weighted by Gasteiger charge is -2.13. The fraction of sp³-hybridized carbons (Fsp3) is 0.833. The number of nitrogens with one attached hydrogen (secondary N) is 2. The summed E-state index contributed by atoms with van der Waals surface area (Å²) >= 11 is 0. The molecule has 3 nitrogen and oxygen atoms in total. The topological polar surface area (TPSA) is 41.1 Å². The van der Waals surface area contributed by atoms with Crippen LogP contribution in [0.3, 0.4) is 0 Å². The Kier molecular flexibility index (Phi) is 5.21. The Morgan fingerprint density at radius 1 is 1.56 bits per heavy atom. The van der Waals surface area contributed by atoms with Crippen LogP contribution in [0.15, 0.2) is 0 Å². The van der Waals surface area contributed by atoms with Crippen molar-refractivity contribution in [2.45, 2.75) is 26.4 Å². The third kappa shape index (κ3) is 3.97. The molecule has 0 radical (unpaired) electrons. The summed E-state index contributed by atoms with van der Waals surface area (Å²) in [6.07, 6.45) is 1.79. The molecule has 0 aromatic heterocycles. The standard InChI is InChI=1S/C6H14N2O/c1-3-6(7-4-2)8-5-9/h5-7H,3-4H2,1-2H3,(H,8,9). The lowest BCUT2D eigenvalue weighted by molar-refractivity contribution is -0.110. The number of hydrogen-bond acceptors (Lipinski definition) is 2. The molecule has 0 fully saturated rings. The van der Waals surface area contributed by atoms with Crippen LogP contribution < -0.4 is 10.6 Å². The quantitative estimate of drug-likeness (QED) is 0.408. The minimum absolute atomic E-state index is 0.146. The first-order valence-corrected chi connectivity index (χ1v) is 3.28. The van der Waals surface area contributed by atoms with Gasteiger partial charge in [-0.05, 0) is 13.0 Å². The molecule has 1 unspecified atom stereocenters. The van der Waals surface area contributed by atoms with Crippen molar-refractivity contribution in [1.29, 1.82) is 0 Å². The van der Waals surface area contributed by atoms with Gasteiger partial charge in [0, 0.05) is 0 Å². The largest absolute Gasteiger partial charge is 0.343 e. The Balaban J connectivity index is 3.28. The number of rotatable bonds is 5. The van der Waals surface area contributed by atoms with Crippen molar-refractivity contribution in [2.24, 2.45) is 0 Å². The fourth-order valence-corrected chi connectivity index (χ4v) is 0.650. The first-order valence-electron chi connectivity index (χ1n) is 3.28. The maximum Gasteiger partial charge on any atom is 0.208 e. The summed E-state index contributed by atoms with van der Waals surface area (Å²) < 4.78 is 0. The van der Waals surface area contributed by atoms with Crippen molar-refractivity contribution in [3.8, 4) is 0 Å². The normalized spacial score (nSPS) is 12.7. The molecule has 9 heavy (non-hydrogen) atoms. The summed E-state index contributed by atoms with van der Waals surface area (Å²) in [5, 5.41) is 5.73. The highest BCUT2D eigenvalue weighted by Gasteiger charge is 1.98. The van der Waals surface area contributed by atoms with E-state index in [0.717, 1.165) is 19.4 Å². The second-order valence-corrected chi connectivity index (χ2v) is 1.80. The summed E-state index contributed by atoms with van der Waals surface area (Å²) in [7, 11) is 0. The SMILES string of the molecule is CCNC(CC)NC=O. The van der Waals surface area contributed by atoms with Gasteiger partial charge in [0.1, 0.15) is 0 Å². The van der Waals surface area contributed by atoms with Crippen molar-refractivity contribution in [3.63, 3.8) is 0 Å². The molecule has 0 rings (SSSR count). The highest BCUT2D eigenvalue weighted by Crippen LogP contribution is 1.81. The molecule has 1 atom stereocenters. The number of carbonyl (C=O) groups excluding carboxylic acids is 1. The van der Waals surface area contributed by atoms with Crippen LogP contribution in [-0.4, -0.2) is 19.1 Å². The lowest BCUT2D eigenvalue weighted by atomic mass is 10.4. The van der Waals surface area contributed by atoms with Gasteiger partial charge in [0.2, 0.25) is 6.41 Å². The van der Waals surface area contributed by atoms with Crippen LogP contribution in [0.2, 0.25) is 0 Å². The molecule has 0 heterocycles. The molecule has 0 saturated carbocycles. The van der Waals surface area contributed by atoms with Crippen molar-refractivity contribution < 1.29 is 4.79 Å². The Morgan fingerprint density at radius 3 is 2.56 bits per heavy atom. The van der Waals surface area contributed by atoms with Crippen LogP contribution in [0.1, 0.15) is 20.3 Å². The summed E-state index contributed by atoms with van der Waals surface area (Å²) in [6.45, 7) is 4.91. The van der Waals surface area contributed by atoms with E-state index in [0.29, 0.717) is 0 Å². The van der Waals surface area contributed by atoms with Gasteiger partial charge in [-0.1, -0.05) is 13.8 Å². The van der Waals surface area contributed by atoms with Gasteiger partial charge >= 0.3 is 0 Å². The van der Waals surface area contributed by atoms with Crippen molar-refractivity contribution >= 4 is 6.41 Å². The molecule has 0 saturated heterocycles. The molecular weight excluding hydrogens is 116 g/mol. The number of carbonyl (C=O) groups is 1. The average Bonchev–Trinajstić information content (AvgIpc) is 1.88. The van der Waals surface area contributed by atoms with E-state index in [1.165, 1.54) is 0 Å². The molecule has 0 spiro atoms. The van der Waals surface area contributed by atoms with Gasteiger partial charge in [0.15, 0.2) is 0 Å². The average molecular weight is 130 g/mol. The molecule has 0 aliphatic rings. The first-order chi connectivity index (χ1) is 4.35. The van der Waals surface area contributed by atoms with Crippen molar-refractivity contribution in [1.82, 2.24) is 10.6 Å². The summed E-state index contributed by atoms with van der Waals surface area (Å²) in [5.74, 6) is 0. The lowest BCUT2D eigenvalue weighted by Crippen LogP contribution is -2.40. The minimum atomic E-state index is 0.146. The fourth-order valence-electron chi connectivity index (χ4n) is 0.650. The third-order valence-corrected chi connectivity index (χ3v) is 1.13. The molecule has 0 bridgehead atoms. The number of amides is 1. The molecule has 0 aliphatic carbocycles. The maximum absolute atomic E-state index is 9.90. The van der Waals surface area contributed by atoms with E-state index in [2.05, 4.69) is 10.6 Å². The van der Waals surface area contributed by atoms with E-state index >= 15 is 0 Å². The number of hydrogen-bond donors (Lipinski definition) is 2. The van der Waals surface area contributed by atoms with Gasteiger partial charge < -0.3 is 5.32 Å². The Morgan fingerprint density at radius 2 is 2.22 bits per heavy atom. The van der Waals surface area contributed by atoms with E-state index in [-0.39, 0.29) is 6.17 Å². The summed E-state index contributed by atoms with van der Waals surface area (Å²) in [5.41, 5.74) is 0. The minimum Gasteiger partial charge on any atom is -0.343 e. The van der Waals surface area contributed by atoms with E-state index < -0.39 is 0 Å². The van der Waals surface area contributed by atoms with Gasteiger partial charge in [-0.2, -0.15) is 0 Å². The predicted molar refractivity (Wildman–Crippen MR) is 37.0 cm³/mol. The molecule has 3 heteroatoms. The van der Waals surface area contributed by atoms with Crippen molar-refractivity contribution in [2.75, 3.05) is 6.54 Å². The maximum atomic E-state index is 9.90. The van der Waals surface area contributed by atoms with Crippen molar-refractivity contribution in [3.05, 3.63) is 0 Å². The molecule has 1 amide bonds. The van der Waals surface area contributed by atoms with Crippen LogP contribution in [0, 0.1) is 0 Å². The molecule has 0 aliphatic heterocycles. The molecule has 54 valence electrons. The predicted octanol–water partition coefficient (Wildman–Crippen LogP) is 0.0780. The molecule has 2 N–H and O–H groups in total. The second kappa shape index (κ2) is 5.56. The third-order valence-electron chi connectivity index (χ3n) is 1.13. The Bertz CT molecular complexity index is 75.5. The smallest absolute Gasteiger partial charge is 0.208 e. The zero-order chi connectivity index (χ0) is 7.11. The molecular formula is C6H14N2O. The Labute approximate surface area is 55.8 Å². The van der Waals surface area contributed by atoms with E-state index in [1.807, 2.05) is 13.8 Å². The summed E-state index contributed by atoms with van der Waals surface area (Å²) in [4.78, 5) is 9.90. The van der Waals surface area contributed by atoms with Gasteiger partial charge in [-0.25, -0.2) is 0 Å². The van der Waals surface area contributed by atoms with Crippen LogP contribution in [-0.2, 0) is 4.79 Å². The molecule has 0 aromatic carbocycles. The Hall–Kier alpha value is -0.570. The van der Waals surface area contributed by atoms with Gasteiger partial charge in [0.05, 0.1) is 6.17 Å². The van der Waals surface area contributed by atoms with E-state index in [4.69, 9.17) is 0 Å². The summed E-state index contributed by atoms with van der Waals surface area (Å²) in [6, 6.07) is 0. The van der Waals surface area contributed by atoms with Gasteiger partial charge in [0.25, 0.3) is 0 Å². The first kappa shape index (κ1) is 8.43. The van der Waals surface area contributed by atoms with Crippen LogP contribution in [0.25, 0.3) is 0 Å². The second-order valence-electron chi connectivity index (χ2n) is 1.80. The highest BCUT2D eigenvalue weighted by atomic mass is 16.1. The van der Waals surface area contributed by atoms with Crippen LogP contribution in [0.5, 0.6) is 0 Å². The van der Waals surface area contributed by atoms with E-state index in [9.17, 15) is 4.79 Å². The zero-order valence-corrected chi connectivity index (χ0v) is 5.98. The van der Waals surface area contributed by atoms with Gasteiger partial charge in [-0.3, -0.25) is 10.1 Å². The highest BCUT2D eigenvalue weighted by molar-refractivity contribution is 5.46.